The molecule has 0 atom stereocenters. The third-order valence-corrected chi connectivity index (χ3v) is 2.62. The number of aliphatic carboxylic acids is 1. The smallest absolute Gasteiger partial charge is 0.328 e. The lowest BCUT2D eigenvalue weighted by atomic mass is 10.1. The molecule has 1 rings (SSSR count). The Hall–Kier alpha value is -1.88. The van der Waals surface area contributed by atoms with E-state index in [-0.39, 0.29) is 5.75 Å². The van der Waals surface area contributed by atoms with Crippen molar-refractivity contribution in [2.24, 2.45) is 0 Å². The van der Waals surface area contributed by atoms with Gasteiger partial charge in [0.25, 0.3) is 0 Å². The van der Waals surface area contributed by atoms with Crippen molar-refractivity contribution in [1.82, 2.24) is 0 Å². The third-order valence-electron chi connectivity index (χ3n) is 2.36. The number of hydrogen-bond donors (Lipinski definition) is 3. The number of carboxylic acids is 1. The van der Waals surface area contributed by atoms with E-state index in [0.717, 1.165) is 12.5 Å². The number of carboxylic acid groups (broad SMARTS) is 1. The summed E-state index contributed by atoms with van der Waals surface area (Å²) in [5, 5.41) is 18.6. The molecule has 0 saturated heterocycles. The Bertz CT molecular complexity index is 506. The standard InChI is InChI=1S/C14H16O4S/c1-18-12-9-10(5-6-13(15)16)8-11(14(12)17)4-2-3-7-19/h2,4-6,8-9,17,19H,3,7H2,1H3,(H,15,16). The monoisotopic (exact) mass is 280 g/mol. The maximum atomic E-state index is 10.5. The summed E-state index contributed by atoms with van der Waals surface area (Å²) in [5.74, 6) is 0.0233. The summed E-state index contributed by atoms with van der Waals surface area (Å²) in [7, 11) is 1.45. The van der Waals surface area contributed by atoms with Crippen molar-refractivity contribution in [3.8, 4) is 11.5 Å². The molecule has 0 bridgehead atoms. The van der Waals surface area contributed by atoms with Crippen molar-refractivity contribution in [1.29, 1.82) is 0 Å². The van der Waals surface area contributed by atoms with Crippen LogP contribution in [0.25, 0.3) is 12.2 Å². The van der Waals surface area contributed by atoms with E-state index in [4.69, 9.17) is 9.84 Å². The highest BCUT2D eigenvalue weighted by Crippen LogP contribution is 2.32. The Kier molecular flexibility index (Phi) is 6.02. The van der Waals surface area contributed by atoms with Gasteiger partial charge in [-0.1, -0.05) is 12.2 Å². The fourth-order valence-electron chi connectivity index (χ4n) is 1.48. The Morgan fingerprint density at radius 3 is 2.74 bits per heavy atom. The van der Waals surface area contributed by atoms with E-state index in [1.54, 1.807) is 18.2 Å². The first-order valence-corrected chi connectivity index (χ1v) is 6.31. The van der Waals surface area contributed by atoms with Gasteiger partial charge in [-0.2, -0.15) is 12.6 Å². The van der Waals surface area contributed by atoms with Crippen LogP contribution in [0.3, 0.4) is 0 Å². The highest BCUT2D eigenvalue weighted by molar-refractivity contribution is 7.80. The van der Waals surface area contributed by atoms with Crippen LogP contribution >= 0.6 is 12.6 Å². The number of aromatic hydroxyl groups is 1. The first kappa shape index (κ1) is 15.2. The number of carbonyl (C=O) groups is 1. The van der Waals surface area contributed by atoms with Crippen LogP contribution in [-0.4, -0.2) is 29.0 Å². The second kappa shape index (κ2) is 7.53. The van der Waals surface area contributed by atoms with Gasteiger partial charge in [-0.3, -0.25) is 0 Å². The van der Waals surface area contributed by atoms with E-state index in [1.165, 1.54) is 13.2 Å². The predicted molar refractivity (Wildman–Crippen MR) is 78.8 cm³/mol. The molecule has 0 saturated carbocycles. The lowest BCUT2D eigenvalue weighted by Gasteiger charge is -2.08. The highest BCUT2D eigenvalue weighted by atomic mass is 32.1. The Balaban J connectivity index is 3.14. The topological polar surface area (TPSA) is 66.8 Å². The van der Waals surface area contributed by atoms with Crippen molar-refractivity contribution in [3.05, 3.63) is 35.4 Å². The van der Waals surface area contributed by atoms with Gasteiger partial charge in [0.05, 0.1) is 7.11 Å². The summed E-state index contributed by atoms with van der Waals surface area (Å²) in [6.45, 7) is 0. The second-order valence-corrected chi connectivity index (χ2v) is 4.19. The zero-order valence-corrected chi connectivity index (χ0v) is 11.4. The normalized spacial score (nSPS) is 11.3. The van der Waals surface area contributed by atoms with Crippen LogP contribution in [0.1, 0.15) is 17.5 Å². The predicted octanol–water partition coefficient (Wildman–Crippen LogP) is 2.83. The van der Waals surface area contributed by atoms with Crippen LogP contribution in [-0.2, 0) is 4.79 Å². The molecule has 102 valence electrons. The van der Waals surface area contributed by atoms with Gasteiger partial charge in [-0.15, -0.1) is 0 Å². The fraction of sp³-hybridized carbons (Fsp3) is 0.214. The summed E-state index contributed by atoms with van der Waals surface area (Å²) in [5.41, 5.74) is 1.22. The largest absolute Gasteiger partial charge is 0.504 e. The molecule has 1 aromatic carbocycles. The Labute approximate surface area is 117 Å². The van der Waals surface area contributed by atoms with Gasteiger partial charge in [0.1, 0.15) is 0 Å². The molecule has 0 fully saturated rings. The first-order chi connectivity index (χ1) is 9.08. The molecule has 0 heterocycles. The molecule has 5 heteroatoms. The third kappa shape index (κ3) is 4.71. The summed E-state index contributed by atoms with van der Waals surface area (Å²) in [6, 6.07) is 3.26. The number of thiol groups is 1. The van der Waals surface area contributed by atoms with Gasteiger partial charge in [0.2, 0.25) is 0 Å². The van der Waals surface area contributed by atoms with Crippen molar-refractivity contribution >= 4 is 30.8 Å². The van der Waals surface area contributed by atoms with Crippen LogP contribution < -0.4 is 4.74 Å². The number of phenols is 1. The van der Waals surface area contributed by atoms with Gasteiger partial charge >= 0.3 is 5.97 Å². The van der Waals surface area contributed by atoms with Crippen LogP contribution in [0.2, 0.25) is 0 Å². The summed E-state index contributed by atoms with van der Waals surface area (Å²) in [6.07, 6.45) is 6.89. The van der Waals surface area contributed by atoms with Gasteiger partial charge < -0.3 is 14.9 Å². The molecular formula is C14H16O4S. The van der Waals surface area contributed by atoms with Crippen LogP contribution in [0.5, 0.6) is 11.5 Å². The molecule has 0 spiro atoms. The molecule has 0 aliphatic heterocycles. The first-order valence-electron chi connectivity index (χ1n) is 5.68. The second-order valence-electron chi connectivity index (χ2n) is 3.75. The maximum Gasteiger partial charge on any atom is 0.328 e. The minimum Gasteiger partial charge on any atom is -0.504 e. The van der Waals surface area contributed by atoms with Crippen molar-refractivity contribution in [2.45, 2.75) is 6.42 Å². The van der Waals surface area contributed by atoms with E-state index in [0.29, 0.717) is 22.6 Å². The molecule has 1 aromatic rings. The summed E-state index contributed by atoms with van der Waals surface area (Å²) in [4.78, 5) is 10.5. The summed E-state index contributed by atoms with van der Waals surface area (Å²) >= 11 is 4.09. The van der Waals surface area contributed by atoms with E-state index >= 15 is 0 Å². The fourth-order valence-corrected chi connectivity index (χ4v) is 1.63. The average Bonchev–Trinajstić information content (AvgIpc) is 2.39. The Morgan fingerprint density at radius 1 is 1.42 bits per heavy atom. The quantitative estimate of drug-likeness (QED) is 0.554. The van der Waals surface area contributed by atoms with Crippen LogP contribution in [0.15, 0.2) is 24.3 Å². The molecule has 0 radical (unpaired) electrons. The van der Waals surface area contributed by atoms with Gasteiger partial charge in [0, 0.05) is 11.6 Å². The number of methoxy groups -OCH3 is 1. The van der Waals surface area contributed by atoms with Gasteiger partial charge in [0.15, 0.2) is 11.5 Å². The molecule has 2 N–H and O–H groups in total. The number of phenolic OH excluding ortho intramolecular Hbond substituents is 1. The molecule has 0 amide bonds. The van der Waals surface area contributed by atoms with E-state index < -0.39 is 5.97 Å². The van der Waals surface area contributed by atoms with E-state index in [1.807, 2.05) is 6.08 Å². The number of hydrogen-bond acceptors (Lipinski definition) is 4. The lowest BCUT2D eigenvalue weighted by Crippen LogP contribution is -1.89. The molecule has 4 nitrogen and oxygen atoms in total. The molecule has 0 aromatic heterocycles. The number of allylic oxidation sites excluding steroid dienone is 1. The maximum absolute atomic E-state index is 10.5. The molecule has 0 aliphatic rings. The molecule has 0 aliphatic carbocycles. The molecular weight excluding hydrogens is 264 g/mol. The molecule has 0 unspecified atom stereocenters. The van der Waals surface area contributed by atoms with Crippen LogP contribution in [0, 0.1) is 0 Å². The minimum absolute atomic E-state index is 0.0328. The summed E-state index contributed by atoms with van der Waals surface area (Å²) < 4.78 is 5.06. The van der Waals surface area contributed by atoms with E-state index in [2.05, 4.69) is 12.6 Å². The average molecular weight is 280 g/mol. The number of benzene rings is 1. The van der Waals surface area contributed by atoms with Crippen molar-refractivity contribution in [3.63, 3.8) is 0 Å². The number of rotatable bonds is 6. The van der Waals surface area contributed by atoms with Gasteiger partial charge in [-0.25, -0.2) is 4.79 Å². The van der Waals surface area contributed by atoms with Crippen molar-refractivity contribution < 1.29 is 19.7 Å². The highest BCUT2D eigenvalue weighted by Gasteiger charge is 2.07. The van der Waals surface area contributed by atoms with Crippen molar-refractivity contribution in [2.75, 3.05) is 12.9 Å². The number of ether oxygens (including phenoxy) is 1. The van der Waals surface area contributed by atoms with Crippen LogP contribution in [0.4, 0.5) is 0 Å². The van der Waals surface area contributed by atoms with E-state index in [9.17, 15) is 9.90 Å². The lowest BCUT2D eigenvalue weighted by molar-refractivity contribution is -0.131. The minimum atomic E-state index is -1.03. The molecule has 19 heavy (non-hydrogen) atoms. The SMILES string of the molecule is COc1cc(C=CC(=O)O)cc(C=CCCS)c1O. The van der Waals surface area contributed by atoms with Gasteiger partial charge in [-0.05, 0) is 35.9 Å². The Morgan fingerprint density at radius 2 is 2.16 bits per heavy atom. The zero-order valence-electron chi connectivity index (χ0n) is 10.5. The zero-order chi connectivity index (χ0) is 14.3.